The summed E-state index contributed by atoms with van der Waals surface area (Å²) in [5.74, 6) is 1.03. The monoisotopic (exact) mass is 417 g/mol. The molecule has 2 aliphatic rings. The van der Waals surface area contributed by atoms with E-state index >= 15 is 0 Å². The first kappa shape index (κ1) is 19.6. The standard InChI is InChI=1S/C23H25Cl2NO2/c24-21-11-10-19(16-6-8-18(27)9-7-16)23(25)20(21)14-15-3-1-4-17(13-15)26-12-2-5-22(26)28/h6-11,15,17,27H,1-5,12-14H2. The minimum Gasteiger partial charge on any atom is -0.508 e. The van der Waals surface area contributed by atoms with Gasteiger partial charge in [-0.05, 0) is 67.3 Å². The maximum Gasteiger partial charge on any atom is 0.222 e. The predicted molar refractivity (Wildman–Crippen MR) is 114 cm³/mol. The van der Waals surface area contributed by atoms with E-state index in [-0.39, 0.29) is 5.75 Å². The van der Waals surface area contributed by atoms with Crippen molar-refractivity contribution in [2.75, 3.05) is 6.54 Å². The third-order valence-corrected chi connectivity index (χ3v) is 6.95. The number of benzene rings is 2. The number of hydrogen-bond acceptors (Lipinski definition) is 2. The minimum absolute atomic E-state index is 0.235. The van der Waals surface area contributed by atoms with Crippen molar-refractivity contribution in [3.63, 3.8) is 0 Å². The van der Waals surface area contributed by atoms with Crippen molar-refractivity contribution in [3.05, 3.63) is 52.0 Å². The fourth-order valence-corrected chi connectivity index (χ4v) is 5.36. The number of carbonyl (C=O) groups excluding carboxylic acids is 1. The van der Waals surface area contributed by atoms with E-state index in [1.807, 2.05) is 24.3 Å². The van der Waals surface area contributed by atoms with Gasteiger partial charge in [0.15, 0.2) is 0 Å². The highest BCUT2D eigenvalue weighted by atomic mass is 35.5. The normalized spacial score (nSPS) is 22.6. The molecule has 148 valence electrons. The average Bonchev–Trinajstić information content (AvgIpc) is 3.12. The summed E-state index contributed by atoms with van der Waals surface area (Å²) in [5.41, 5.74) is 2.89. The second-order valence-corrected chi connectivity index (χ2v) is 8.80. The van der Waals surface area contributed by atoms with Gasteiger partial charge in [0.1, 0.15) is 5.75 Å². The van der Waals surface area contributed by atoms with E-state index < -0.39 is 0 Å². The van der Waals surface area contributed by atoms with Gasteiger partial charge in [0.25, 0.3) is 0 Å². The Morgan fingerprint density at radius 3 is 2.54 bits per heavy atom. The van der Waals surface area contributed by atoms with Crippen LogP contribution in [0.2, 0.25) is 10.0 Å². The summed E-state index contributed by atoms with van der Waals surface area (Å²) in [6, 6.07) is 11.3. The molecule has 1 saturated carbocycles. The van der Waals surface area contributed by atoms with Gasteiger partial charge >= 0.3 is 0 Å². The Morgan fingerprint density at radius 2 is 1.82 bits per heavy atom. The van der Waals surface area contributed by atoms with Crippen LogP contribution < -0.4 is 0 Å². The molecule has 0 radical (unpaired) electrons. The van der Waals surface area contributed by atoms with Crippen LogP contribution in [0.25, 0.3) is 11.1 Å². The van der Waals surface area contributed by atoms with Crippen molar-refractivity contribution in [1.82, 2.24) is 4.90 Å². The number of nitrogens with zero attached hydrogens (tertiary/aromatic N) is 1. The van der Waals surface area contributed by atoms with Crippen LogP contribution in [-0.4, -0.2) is 28.5 Å². The number of amides is 1. The van der Waals surface area contributed by atoms with Gasteiger partial charge in [0.05, 0.1) is 5.02 Å². The molecule has 2 atom stereocenters. The van der Waals surface area contributed by atoms with Gasteiger partial charge in [0.2, 0.25) is 5.91 Å². The molecule has 2 aromatic rings. The Morgan fingerprint density at radius 1 is 1.04 bits per heavy atom. The molecule has 3 nitrogen and oxygen atoms in total. The fraction of sp³-hybridized carbons (Fsp3) is 0.435. The molecular weight excluding hydrogens is 393 g/mol. The number of phenols is 1. The van der Waals surface area contributed by atoms with Gasteiger partial charge in [-0.1, -0.05) is 47.8 Å². The predicted octanol–water partition coefficient (Wildman–Crippen LogP) is 6.09. The van der Waals surface area contributed by atoms with Crippen LogP contribution in [0, 0.1) is 5.92 Å². The maximum absolute atomic E-state index is 12.1. The zero-order valence-corrected chi connectivity index (χ0v) is 17.3. The molecule has 1 aliphatic carbocycles. The summed E-state index contributed by atoms with van der Waals surface area (Å²) < 4.78 is 0. The van der Waals surface area contributed by atoms with Gasteiger partial charge in [0, 0.05) is 29.6 Å². The van der Waals surface area contributed by atoms with Crippen molar-refractivity contribution in [2.45, 2.75) is 51.0 Å². The lowest BCUT2D eigenvalue weighted by Crippen LogP contribution is -2.39. The Hall–Kier alpha value is -1.71. The Kier molecular flexibility index (Phi) is 5.84. The van der Waals surface area contributed by atoms with Gasteiger partial charge in [-0.3, -0.25) is 4.79 Å². The first-order chi connectivity index (χ1) is 13.5. The Bertz CT molecular complexity index is 866. The van der Waals surface area contributed by atoms with Crippen molar-refractivity contribution in [1.29, 1.82) is 0 Å². The highest BCUT2D eigenvalue weighted by Gasteiger charge is 2.32. The molecule has 5 heteroatoms. The topological polar surface area (TPSA) is 40.5 Å². The molecule has 1 saturated heterocycles. The Labute approximate surface area is 176 Å². The van der Waals surface area contributed by atoms with Crippen LogP contribution in [0.1, 0.15) is 44.1 Å². The van der Waals surface area contributed by atoms with Crippen LogP contribution >= 0.6 is 23.2 Å². The molecule has 2 fully saturated rings. The molecule has 1 amide bonds. The van der Waals surface area contributed by atoms with Gasteiger partial charge in [-0.25, -0.2) is 0 Å². The molecule has 0 aromatic heterocycles. The summed E-state index contributed by atoms with van der Waals surface area (Å²) >= 11 is 13.3. The fourth-order valence-electron chi connectivity index (χ4n) is 4.72. The third-order valence-electron chi connectivity index (χ3n) is 6.16. The van der Waals surface area contributed by atoms with E-state index in [0.29, 0.717) is 34.3 Å². The summed E-state index contributed by atoms with van der Waals surface area (Å²) in [7, 11) is 0. The second kappa shape index (κ2) is 8.34. The van der Waals surface area contributed by atoms with E-state index in [0.717, 1.165) is 61.8 Å². The summed E-state index contributed by atoms with van der Waals surface area (Å²) in [4.78, 5) is 14.2. The molecule has 1 heterocycles. The number of hydrogen-bond donors (Lipinski definition) is 1. The molecular formula is C23H25Cl2NO2. The molecule has 2 aromatic carbocycles. The summed E-state index contributed by atoms with van der Waals surface area (Å²) in [5, 5.41) is 10.9. The number of aromatic hydroxyl groups is 1. The molecule has 4 rings (SSSR count). The van der Waals surface area contributed by atoms with Gasteiger partial charge < -0.3 is 10.0 Å². The lowest BCUT2D eigenvalue weighted by molar-refractivity contribution is -0.130. The smallest absolute Gasteiger partial charge is 0.222 e. The molecule has 1 aliphatic heterocycles. The van der Waals surface area contributed by atoms with Crippen LogP contribution in [-0.2, 0) is 11.2 Å². The van der Waals surface area contributed by atoms with Gasteiger partial charge in [-0.2, -0.15) is 0 Å². The van der Waals surface area contributed by atoms with E-state index in [1.165, 1.54) is 0 Å². The molecule has 28 heavy (non-hydrogen) atoms. The average molecular weight is 418 g/mol. The maximum atomic E-state index is 12.1. The van der Waals surface area contributed by atoms with Gasteiger partial charge in [-0.15, -0.1) is 0 Å². The SMILES string of the molecule is O=C1CCCN1C1CCCC(Cc2c(Cl)ccc(-c3ccc(O)cc3)c2Cl)C1. The van der Waals surface area contributed by atoms with E-state index in [1.54, 1.807) is 12.1 Å². The highest BCUT2D eigenvalue weighted by Crippen LogP contribution is 2.39. The lowest BCUT2D eigenvalue weighted by atomic mass is 9.81. The van der Waals surface area contributed by atoms with Crippen molar-refractivity contribution in [3.8, 4) is 16.9 Å². The minimum atomic E-state index is 0.235. The van der Waals surface area contributed by atoms with Crippen molar-refractivity contribution in [2.24, 2.45) is 5.92 Å². The Balaban J connectivity index is 1.54. The lowest BCUT2D eigenvalue weighted by Gasteiger charge is -2.35. The van der Waals surface area contributed by atoms with E-state index in [2.05, 4.69) is 4.90 Å². The van der Waals surface area contributed by atoms with Crippen molar-refractivity contribution >= 4 is 29.1 Å². The van der Waals surface area contributed by atoms with Crippen LogP contribution in [0.5, 0.6) is 5.75 Å². The first-order valence-corrected chi connectivity index (χ1v) is 10.8. The first-order valence-electron chi connectivity index (χ1n) is 10.1. The van der Waals surface area contributed by atoms with Crippen LogP contribution in [0.3, 0.4) is 0 Å². The number of rotatable bonds is 4. The second-order valence-electron chi connectivity index (χ2n) is 8.02. The summed E-state index contributed by atoms with van der Waals surface area (Å²) in [6.45, 7) is 0.911. The molecule has 0 spiro atoms. The number of carbonyl (C=O) groups is 1. The van der Waals surface area contributed by atoms with Crippen LogP contribution in [0.15, 0.2) is 36.4 Å². The van der Waals surface area contributed by atoms with Crippen molar-refractivity contribution < 1.29 is 9.90 Å². The zero-order valence-electron chi connectivity index (χ0n) is 15.8. The number of likely N-dealkylation sites (tertiary alicyclic amines) is 1. The summed E-state index contributed by atoms with van der Waals surface area (Å²) in [6.07, 6.45) is 6.96. The molecule has 1 N–H and O–H groups in total. The van der Waals surface area contributed by atoms with E-state index in [9.17, 15) is 9.90 Å². The zero-order chi connectivity index (χ0) is 19.7. The van der Waals surface area contributed by atoms with Crippen LogP contribution in [0.4, 0.5) is 0 Å². The third kappa shape index (κ3) is 4.01. The number of phenolic OH excluding ortho intramolecular Hbond substituents is 1. The largest absolute Gasteiger partial charge is 0.508 e. The molecule has 2 unspecified atom stereocenters. The highest BCUT2D eigenvalue weighted by molar-refractivity contribution is 6.37. The quantitative estimate of drug-likeness (QED) is 0.653. The number of halogens is 2. The van der Waals surface area contributed by atoms with E-state index in [4.69, 9.17) is 23.2 Å². The molecule has 0 bridgehead atoms.